The number of nitrogens with one attached hydrogen (secondary N) is 1. The standard InChI is InChI=1S/C19H32N2/c1-5-6-16-7-9-17(10-8-16)19(20-4)14-21(13-15(2)3)18-11-12-18/h7-10,15,18-20H,5-6,11-14H2,1-4H3. The van der Waals surface area contributed by atoms with E-state index >= 15 is 0 Å². The molecule has 1 saturated carbocycles. The first-order chi connectivity index (χ1) is 10.1. The first-order valence-corrected chi connectivity index (χ1v) is 8.64. The molecule has 21 heavy (non-hydrogen) atoms. The van der Waals surface area contributed by atoms with Crippen molar-refractivity contribution in [3.63, 3.8) is 0 Å². The monoisotopic (exact) mass is 288 g/mol. The third kappa shape index (κ3) is 5.12. The van der Waals surface area contributed by atoms with Crippen LogP contribution in [0.3, 0.4) is 0 Å². The third-order valence-corrected chi connectivity index (χ3v) is 4.35. The molecule has 0 aromatic heterocycles. The molecule has 0 amide bonds. The molecule has 1 aliphatic carbocycles. The Labute approximate surface area is 130 Å². The molecule has 0 aliphatic heterocycles. The molecule has 1 atom stereocenters. The molecule has 0 heterocycles. The summed E-state index contributed by atoms with van der Waals surface area (Å²) in [7, 11) is 2.09. The molecular formula is C19H32N2. The van der Waals surface area contributed by atoms with E-state index in [0.717, 1.165) is 18.5 Å². The average molecular weight is 288 g/mol. The number of hydrogen-bond donors (Lipinski definition) is 1. The van der Waals surface area contributed by atoms with E-state index in [4.69, 9.17) is 0 Å². The predicted octanol–water partition coefficient (Wildman–Crippen LogP) is 4.02. The van der Waals surface area contributed by atoms with Crippen molar-refractivity contribution in [1.29, 1.82) is 0 Å². The average Bonchev–Trinajstić information content (AvgIpc) is 3.29. The largest absolute Gasteiger partial charge is 0.312 e. The molecule has 118 valence electrons. The van der Waals surface area contributed by atoms with Crippen molar-refractivity contribution < 1.29 is 0 Å². The first kappa shape index (κ1) is 16.5. The third-order valence-electron chi connectivity index (χ3n) is 4.35. The summed E-state index contributed by atoms with van der Waals surface area (Å²) in [6.45, 7) is 9.24. The van der Waals surface area contributed by atoms with E-state index < -0.39 is 0 Å². The maximum Gasteiger partial charge on any atom is 0.0446 e. The van der Waals surface area contributed by atoms with Crippen LogP contribution in [0.25, 0.3) is 0 Å². The van der Waals surface area contributed by atoms with Crippen molar-refractivity contribution in [2.24, 2.45) is 5.92 Å². The zero-order chi connectivity index (χ0) is 15.2. The van der Waals surface area contributed by atoms with Crippen LogP contribution in [0.1, 0.15) is 57.2 Å². The molecule has 2 nitrogen and oxygen atoms in total. The second kappa shape index (κ2) is 7.95. The Morgan fingerprint density at radius 1 is 1.14 bits per heavy atom. The summed E-state index contributed by atoms with van der Waals surface area (Å²) in [6, 6.07) is 10.5. The number of rotatable bonds is 9. The van der Waals surface area contributed by atoms with E-state index in [0.29, 0.717) is 6.04 Å². The van der Waals surface area contributed by atoms with Crippen LogP contribution in [0.4, 0.5) is 0 Å². The fourth-order valence-electron chi connectivity index (χ4n) is 3.08. The van der Waals surface area contributed by atoms with Gasteiger partial charge in [-0.2, -0.15) is 0 Å². The predicted molar refractivity (Wildman–Crippen MR) is 91.7 cm³/mol. The van der Waals surface area contributed by atoms with Crippen molar-refractivity contribution in [2.45, 2.75) is 58.5 Å². The Morgan fingerprint density at radius 3 is 2.29 bits per heavy atom. The van der Waals surface area contributed by atoms with Gasteiger partial charge in [0.25, 0.3) is 0 Å². The molecule has 0 radical (unpaired) electrons. The lowest BCUT2D eigenvalue weighted by Gasteiger charge is -2.29. The van der Waals surface area contributed by atoms with E-state index in [1.807, 2.05) is 0 Å². The highest BCUT2D eigenvalue weighted by atomic mass is 15.2. The summed E-state index contributed by atoms with van der Waals surface area (Å²) in [5, 5.41) is 3.51. The number of likely N-dealkylation sites (N-methyl/N-ethyl adjacent to an activating group) is 1. The highest BCUT2D eigenvalue weighted by Crippen LogP contribution is 2.29. The molecule has 0 spiro atoms. The van der Waals surface area contributed by atoms with Crippen LogP contribution in [0.15, 0.2) is 24.3 Å². The fraction of sp³-hybridized carbons (Fsp3) is 0.684. The lowest BCUT2D eigenvalue weighted by Crippen LogP contribution is -2.37. The Hall–Kier alpha value is -0.860. The summed E-state index contributed by atoms with van der Waals surface area (Å²) in [5.74, 6) is 0.745. The second-order valence-corrected chi connectivity index (χ2v) is 6.91. The smallest absolute Gasteiger partial charge is 0.0446 e. The Morgan fingerprint density at radius 2 is 1.81 bits per heavy atom. The van der Waals surface area contributed by atoms with Crippen molar-refractivity contribution in [3.8, 4) is 0 Å². The second-order valence-electron chi connectivity index (χ2n) is 6.91. The van der Waals surface area contributed by atoms with E-state index in [1.54, 1.807) is 0 Å². The summed E-state index contributed by atoms with van der Waals surface area (Å²) >= 11 is 0. The van der Waals surface area contributed by atoms with Crippen molar-refractivity contribution >= 4 is 0 Å². The highest BCUT2D eigenvalue weighted by Gasteiger charge is 2.30. The molecule has 0 bridgehead atoms. The van der Waals surface area contributed by atoms with Gasteiger partial charge in [-0.15, -0.1) is 0 Å². The van der Waals surface area contributed by atoms with Crippen LogP contribution in [0.5, 0.6) is 0 Å². The lowest BCUT2D eigenvalue weighted by atomic mass is 10.0. The van der Waals surface area contributed by atoms with Gasteiger partial charge in [0.15, 0.2) is 0 Å². The van der Waals surface area contributed by atoms with Crippen LogP contribution >= 0.6 is 0 Å². The number of aryl methyl sites for hydroxylation is 1. The quantitative estimate of drug-likeness (QED) is 0.738. The van der Waals surface area contributed by atoms with E-state index in [-0.39, 0.29) is 0 Å². The summed E-state index contributed by atoms with van der Waals surface area (Å²) < 4.78 is 0. The molecule has 1 unspecified atom stereocenters. The van der Waals surface area contributed by atoms with Crippen LogP contribution in [-0.2, 0) is 6.42 Å². The van der Waals surface area contributed by atoms with Crippen LogP contribution in [0, 0.1) is 5.92 Å². The van der Waals surface area contributed by atoms with Gasteiger partial charge < -0.3 is 5.32 Å². The first-order valence-electron chi connectivity index (χ1n) is 8.64. The van der Waals surface area contributed by atoms with Crippen LogP contribution in [-0.4, -0.2) is 31.1 Å². The molecule has 1 fully saturated rings. The Kier molecular flexibility index (Phi) is 6.25. The maximum absolute atomic E-state index is 3.51. The minimum atomic E-state index is 0.444. The summed E-state index contributed by atoms with van der Waals surface area (Å²) in [6.07, 6.45) is 5.18. The van der Waals surface area contributed by atoms with Gasteiger partial charge in [-0.05, 0) is 43.4 Å². The van der Waals surface area contributed by atoms with E-state index in [1.165, 1.54) is 43.4 Å². The Balaban J connectivity index is 2.00. The van der Waals surface area contributed by atoms with E-state index in [9.17, 15) is 0 Å². The van der Waals surface area contributed by atoms with Gasteiger partial charge in [-0.25, -0.2) is 0 Å². The number of hydrogen-bond acceptors (Lipinski definition) is 2. The van der Waals surface area contributed by atoms with Gasteiger partial charge in [-0.1, -0.05) is 51.5 Å². The number of benzene rings is 1. The zero-order valence-corrected chi connectivity index (χ0v) is 14.2. The molecule has 1 aliphatic rings. The molecule has 1 N–H and O–H groups in total. The normalized spacial score (nSPS) is 16.7. The lowest BCUT2D eigenvalue weighted by molar-refractivity contribution is 0.212. The van der Waals surface area contributed by atoms with Crippen LogP contribution in [0.2, 0.25) is 0 Å². The molecular weight excluding hydrogens is 256 g/mol. The molecule has 1 aromatic carbocycles. The van der Waals surface area contributed by atoms with Crippen molar-refractivity contribution in [2.75, 3.05) is 20.1 Å². The fourth-order valence-corrected chi connectivity index (χ4v) is 3.08. The minimum absolute atomic E-state index is 0.444. The molecule has 0 saturated heterocycles. The molecule has 1 aromatic rings. The number of nitrogens with zero attached hydrogens (tertiary/aromatic N) is 1. The highest BCUT2D eigenvalue weighted by molar-refractivity contribution is 5.25. The minimum Gasteiger partial charge on any atom is -0.312 e. The van der Waals surface area contributed by atoms with Gasteiger partial charge >= 0.3 is 0 Å². The zero-order valence-electron chi connectivity index (χ0n) is 14.2. The van der Waals surface area contributed by atoms with Crippen molar-refractivity contribution in [3.05, 3.63) is 35.4 Å². The molecule has 2 heteroatoms. The van der Waals surface area contributed by atoms with Gasteiger partial charge in [0.05, 0.1) is 0 Å². The van der Waals surface area contributed by atoms with Gasteiger partial charge in [0, 0.05) is 25.2 Å². The summed E-state index contributed by atoms with van der Waals surface area (Å²) in [5.41, 5.74) is 2.88. The van der Waals surface area contributed by atoms with Gasteiger partial charge in [0.1, 0.15) is 0 Å². The van der Waals surface area contributed by atoms with Gasteiger partial charge in [-0.3, -0.25) is 4.90 Å². The van der Waals surface area contributed by atoms with Gasteiger partial charge in [0.2, 0.25) is 0 Å². The topological polar surface area (TPSA) is 15.3 Å². The van der Waals surface area contributed by atoms with Crippen LogP contribution < -0.4 is 5.32 Å². The van der Waals surface area contributed by atoms with Crippen molar-refractivity contribution in [1.82, 2.24) is 10.2 Å². The SMILES string of the molecule is CCCc1ccc(C(CN(CC(C)C)C2CC2)NC)cc1. The molecule has 2 rings (SSSR count). The Bertz CT molecular complexity index is 406. The van der Waals surface area contributed by atoms with E-state index in [2.05, 4.69) is 62.3 Å². The summed E-state index contributed by atoms with van der Waals surface area (Å²) in [4.78, 5) is 2.69. The maximum atomic E-state index is 3.51.